The first-order valence-corrected chi connectivity index (χ1v) is 15.7. The van der Waals surface area contributed by atoms with Crippen molar-refractivity contribution in [2.45, 2.75) is 38.9 Å². The van der Waals surface area contributed by atoms with Crippen molar-refractivity contribution in [3.05, 3.63) is 121 Å². The number of likely N-dealkylation sites (tertiary alicyclic amines) is 2. The highest BCUT2D eigenvalue weighted by Gasteiger charge is 2.31. The first kappa shape index (κ1) is 38.9. The Kier molecular flexibility index (Phi) is 12.4. The van der Waals surface area contributed by atoms with E-state index in [2.05, 4.69) is 44.8 Å². The molecule has 53 heavy (non-hydrogen) atoms. The average molecular weight is 742 g/mol. The lowest BCUT2D eigenvalue weighted by Crippen LogP contribution is -2.22. The van der Waals surface area contributed by atoms with Crippen LogP contribution in [0, 0.1) is 60.7 Å². The zero-order valence-electron chi connectivity index (χ0n) is 27.6. The molecule has 0 radical (unpaired) electrons. The van der Waals surface area contributed by atoms with Crippen molar-refractivity contribution >= 4 is 45.0 Å². The molecule has 0 aliphatic carbocycles. The number of nitro groups is 6. The van der Waals surface area contributed by atoms with Crippen LogP contribution in [-0.4, -0.2) is 80.3 Å². The van der Waals surface area contributed by atoms with Crippen LogP contribution in [0.15, 0.2) is 54.7 Å². The summed E-state index contributed by atoms with van der Waals surface area (Å²) in [6, 6.07) is 10.7. The zero-order valence-corrected chi connectivity index (χ0v) is 27.6. The first-order valence-electron chi connectivity index (χ1n) is 15.7. The van der Waals surface area contributed by atoms with E-state index in [9.17, 15) is 60.7 Å². The third-order valence-electron chi connectivity index (χ3n) is 8.33. The van der Waals surface area contributed by atoms with E-state index in [1.165, 1.54) is 68.3 Å². The number of aromatic nitrogens is 1. The number of non-ortho nitro benzene ring substituents is 2. The van der Waals surface area contributed by atoms with Gasteiger partial charge in [0.1, 0.15) is 0 Å². The Hall–Kier alpha value is -6.88. The second-order valence-corrected chi connectivity index (χ2v) is 11.8. The molecule has 2 aliphatic heterocycles. The van der Waals surface area contributed by atoms with Crippen molar-refractivity contribution in [2.75, 3.05) is 26.2 Å². The number of aromatic hydroxyl groups is 2. The number of hydrogen-bond donors (Lipinski definition) is 2. The molecule has 2 N–H and O–H groups in total. The number of hydrogen-bond acceptors (Lipinski definition) is 16. The standard InChI is InChI=1S/C18H25N3.2C6H3N3O7/c1-2-8-18-17(7-1)16(13-19-9-3-4-10-19)14-21(18)15-20-11-5-6-12-20;2*10-6-4(8(13)14)1-3(7(11)12)2-5(6)9(15)16/h1-2,7-8,14H,3-6,9-13,15H2;2*1-2,10H. The zero-order chi connectivity index (χ0) is 39.0. The smallest absolute Gasteiger partial charge is 0.324 e. The Morgan fingerprint density at radius 2 is 0.925 bits per heavy atom. The van der Waals surface area contributed by atoms with E-state index in [4.69, 9.17) is 10.2 Å². The summed E-state index contributed by atoms with van der Waals surface area (Å²) >= 11 is 0. The normalized spacial score (nSPS) is 14.1. The average Bonchev–Trinajstić information content (AvgIpc) is 3.88. The summed E-state index contributed by atoms with van der Waals surface area (Å²) in [5.74, 6) is -2.42. The lowest BCUT2D eigenvalue weighted by molar-refractivity contribution is -0.404. The molecule has 2 fully saturated rings. The summed E-state index contributed by atoms with van der Waals surface area (Å²) in [6.45, 7) is 7.23. The van der Waals surface area contributed by atoms with Crippen LogP contribution in [0.3, 0.4) is 0 Å². The van der Waals surface area contributed by atoms with Crippen molar-refractivity contribution in [1.82, 2.24) is 14.4 Å². The predicted octanol–water partition coefficient (Wildman–Crippen LogP) is 5.52. The van der Waals surface area contributed by atoms with Gasteiger partial charge in [0.05, 0.1) is 60.5 Å². The van der Waals surface area contributed by atoms with Crippen molar-refractivity contribution in [1.29, 1.82) is 0 Å². The van der Waals surface area contributed by atoms with Crippen molar-refractivity contribution in [3.8, 4) is 11.5 Å². The lowest BCUT2D eigenvalue weighted by Gasteiger charge is -2.16. The molecule has 3 heterocycles. The van der Waals surface area contributed by atoms with Gasteiger partial charge in [0, 0.05) is 23.6 Å². The predicted molar refractivity (Wildman–Crippen MR) is 183 cm³/mol. The summed E-state index contributed by atoms with van der Waals surface area (Å²) < 4.78 is 2.46. The highest BCUT2D eigenvalue weighted by Crippen LogP contribution is 2.40. The highest BCUT2D eigenvalue weighted by atomic mass is 16.7. The Balaban J connectivity index is 0.000000181. The van der Waals surface area contributed by atoms with Gasteiger partial charge in [-0.1, -0.05) is 18.2 Å². The Labute approximate surface area is 296 Å². The number of phenolic OH excluding ortho intramolecular Hbond substituents is 2. The molecule has 2 saturated heterocycles. The van der Waals surface area contributed by atoms with E-state index in [1.807, 2.05) is 0 Å². The van der Waals surface area contributed by atoms with Gasteiger partial charge in [-0.25, -0.2) is 0 Å². The van der Waals surface area contributed by atoms with Gasteiger partial charge in [0.25, 0.3) is 22.9 Å². The molecule has 4 aromatic rings. The molecular formula is C30H31N9O14. The molecule has 2 aliphatic rings. The van der Waals surface area contributed by atoms with Crippen LogP contribution in [-0.2, 0) is 13.2 Å². The quantitative estimate of drug-likeness (QED) is 0.149. The topological polar surface area (TPSA) is 311 Å². The fourth-order valence-electron chi connectivity index (χ4n) is 5.83. The van der Waals surface area contributed by atoms with E-state index in [1.54, 1.807) is 0 Å². The molecule has 1 aromatic heterocycles. The second kappa shape index (κ2) is 16.9. The monoisotopic (exact) mass is 741 g/mol. The van der Waals surface area contributed by atoms with Gasteiger partial charge in [-0.3, -0.25) is 70.5 Å². The lowest BCUT2D eigenvalue weighted by atomic mass is 10.1. The number of para-hydroxylation sites is 1. The maximum atomic E-state index is 10.4. The van der Waals surface area contributed by atoms with Crippen LogP contribution in [0.25, 0.3) is 10.9 Å². The molecule has 0 spiro atoms. The molecular weight excluding hydrogens is 710 g/mol. The fraction of sp³-hybridized carbons (Fsp3) is 0.333. The van der Waals surface area contributed by atoms with E-state index in [-0.39, 0.29) is 0 Å². The molecule has 3 aromatic carbocycles. The second-order valence-electron chi connectivity index (χ2n) is 11.8. The third kappa shape index (κ3) is 9.47. The van der Waals surface area contributed by atoms with Gasteiger partial charge in [-0.2, -0.15) is 0 Å². The minimum absolute atomic E-state index is 0.447. The SMILES string of the molecule is O=[N+]([O-])c1cc([N+](=O)[O-])c(O)c([N+](=O)[O-])c1.O=[N+]([O-])c1cc([N+](=O)[O-])c(O)c([N+](=O)[O-])c1.c1ccc2c(c1)c(CN1CCCC1)cn2CN1CCCC1. The number of benzene rings is 3. The number of rotatable bonds is 10. The van der Waals surface area contributed by atoms with Gasteiger partial charge >= 0.3 is 22.7 Å². The number of nitrogens with zero attached hydrogens (tertiary/aromatic N) is 9. The number of fused-ring (bicyclic) bond motifs is 1. The number of nitro benzene ring substituents is 6. The largest absolute Gasteiger partial charge is 0.497 e. The van der Waals surface area contributed by atoms with Crippen LogP contribution >= 0.6 is 0 Å². The van der Waals surface area contributed by atoms with Crippen LogP contribution < -0.4 is 0 Å². The van der Waals surface area contributed by atoms with Crippen LogP contribution in [0.4, 0.5) is 34.1 Å². The fourth-order valence-corrected chi connectivity index (χ4v) is 5.83. The third-order valence-corrected chi connectivity index (χ3v) is 8.33. The molecule has 23 nitrogen and oxygen atoms in total. The summed E-state index contributed by atoms with van der Waals surface area (Å²) in [6.07, 6.45) is 7.86. The molecule has 0 atom stereocenters. The first-order chi connectivity index (χ1) is 25.1. The van der Waals surface area contributed by atoms with Gasteiger partial charge in [-0.05, 0) is 63.5 Å². The van der Waals surface area contributed by atoms with Crippen molar-refractivity contribution in [2.24, 2.45) is 0 Å². The number of phenols is 2. The van der Waals surface area contributed by atoms with Gasteiger partial charge in [-0.15, -0.1) is 0 Å². The summed E-state index contributed by atoms with van der Waals surface area (Å²) in [4.78, 5) is 60.7. The molecule has 23 heteroatoms. The minimum Gasteiger partial charge on any atom is -0.497 e. The van der Waals surface area contributed by atoms with E-state index in [0.717, 1.165) is 13.2 Å². The van der Waals surface area contributed by atoms with Crippen LogP contribution in [0.2, 0.25) is 0 Å². The van der Waals surface area contributed by atoms with Gasteiger partial charge < -0.3 is 14.8 Å². The summed E-state index contributed by atoms with van der Waals surface area (Å²) in [5, 5.41) is 81.9. The van der Waals surface area contributed by atoms with Crippen LogP contribution in [0.5, 0.6) is 11.5 Å². The van der Waals surface area contributed by atoms with Gasteiger partial charge in [0.2, 0.25) is 0 Å². The Morgan fingerprint density at radius 3 is 1.30 bits per heavy atom. The maximum absolute atomic E-state index is 10.4. The molecule has 0 unspecified atom stereocenters. The van der Waals surface area contributed by atoms with Crippen LogP contribution in [0.1, 0.15) is 31.2 Å². The molecule has 6 rings (SSSR count). The van der Waals surface area contributed by atoms with E-state index < -0.39 is 75.2 Å². The van der Waals surface area contributed by atoms with E-state index >= 15 is 0 Å². The molecule has 0 bridgehead atoms. The van der Waals surface area contributed by atoms with E-state index in [0.29, 0.717) is 24.3 Å². The Bertz CT molecular complexity index is 1860. The molecule has 280 valence electrons. The molecule has 0 amide bonds. The summed E-state index contributed by atoms with van der Waals surface area (Å²) in [5.41, 5.74) is -3.10. The highest BCUT2D eigenvalue weighted by molar-refractivity contribution is 5.84. The maximum Gasteiger partial charge on any atom is 0.324 e. The minimum atomic E-state index is -1.21. The van der Waals surface area contributed by atoms with Gasteiger partial charge in [0.15, 0.2) is 0 Å². The summed E-state index contributed by atoms with van der Waals surface area (Å²) in [7, 11) is 0. The van der Waals surface area contributed by atoms with Crippen molar-refractivity contribution in [3.63, 3.8) is 0 Å². The van der Waals surface area contributed by atoms with Crippen molar-refractivity contribution < 1.29 is 39.8 Å². The Morgan fingerprint density at radius 1 is 0.547 bits per heavy atom. The molecule has 0 saturated carbocycles.